The standard InChI is InChI=1S/C31H41N4O7P.C22H24N2O6.C12H12O2.C9H18ClN2OP.C9H11IN2O5.C8H8ClO.C4H6O.CH4/c1-7-26-27(42-43(40-18-10-16-32)35(21(2)3)22(4)5)19-28(41-26)34-20-25(29(36)33-31(34)38)11-8-9-17-39-30(37)24-14-12-23(6)13-15-24;1-3-18-17(25)12-19(30-18)24-13-16(20(26)23-22(24)28)6-4-5-11-29-21(27)15-9-7-14(2)8-10-15;1-3-4-9-14-12(13)11-7-5-10(2)6-8-11;1-8(2)12(9(3)4)14(10)13-7-6-11-5;10-4-2-12(9(16)11-8(4)15)7-1-5(14)6(3-13)17-7;1-6-2-4-7(5-3-6)8(9)10;1-2-3-4-5;/h12-15,20-22,26-28H,7,9-10,17-19H2,1-6H3,(H,33,36,38);7-10,13,17-19,25H,3,5,11-12H2,1-2H3,(H,23,26,28);1,5-8H,4,9H2,2H3;8-9H,6-7H2,1-4H3;2,5-7,13-14H,1,3H2,(H,11,15,16);2-5,9H,1H3;1,5H,3-4H2;1H4/q;;;;;+1;;. The second kappa shape index (κ2) is 63.3. The molecule has 7 N–H and O–H groups in total. The van der Waals surface area contributed by atoms with Gasteiger partial charge in [-0.25, -0.2) is 49.5 Å². The summed E-state index contributed by atoms with van der Waals surface area (Å²) in [5, 5.41) is 45.1. The van der Waals surface area contributed by atoms with Gasteiger partial charge in [-0.05, 0) is 178 Å². The highest BCUT2D eigenvalue weighted by atomic mass is 127. The molecule has 0 bridgehead atoms. The highest BCUT2D eigenvalue weighted by Crippen LogP contribution is 2.51. The summed E-state index contributed by atoms with van der Waals surface area (Å²) in [7, 11) is -2.57. The van der Waals surface area contributed by atoms with Crippen LogP contribution in [-0.4, -0.2) is 195 Å². The predicted molar refractivity (Wildman–Crippen MR) is 519 cm³/mol. The molecule has 11 unspecified atom stereocenters. The summed E-state index contributed by atoms with van der Waals surface area (Å²) in [5.74, 6) is 14.6. The lowest BCUT2D eigenvalue weighted by molar-refractivity contribution is -0.255. The smallest absolute Gasteiger partial charge is 0.430 e. The Balaban J connectivity index is 0.000000440. The topological polar surface area (TPSA) is 431 Å². The molecule has 33 nitrogen and oxygen atoms in total. The van der Waals surface area contributed by atoms with Crippen LogP contribution in [0.5, 0.6) is 0 Å². The lowest BCUT2D eigenvalue weighted by Gasteiger charge is -2.37. The van der Waals surface area contributed by atoms with E-state index in [1.807, 2.05) is 90.1 Å². The van der Waals surface area contributed by atoms with Crippen LogP contribution in [-0.2, 0) is 42.0 Å². The Morgan fingerprint density at radius 2 is 0.925 bits per heavy atom. The average Bonchev–Trinajstić information content (AvgIpc) is 1.64. The molecule has 0 radical (unpaired) electrons. The number of rotatable bonds is 31. The van der Waals surface area contributed by atoms with E-state index >= 15 is 0 Å². The van der Waals surface area contributed by atoms with Crippen molar-refractivity contribution in [2.75, 3.05) is 52.8 Å². The predicted octanol–water partition coefficient (Wildman–Crippen LogP) is 12.8. The van der Waals surface area contributed by atoms with Crippen molar-refractivity contribution in [2.45, 2.75) is 248 Å². The fraction of sp³-hybridized carbons (Fsp3) is 0.479. The second-order valence-electron chi connectivity index (χ2n) is 30.9. The van der Waals surface area contributed by atoms with Gasteiger partial charge in [-0.1, -0.05) is 116 Å². The van der Waals surface area contributed by atoms with Gasteiger partial charge in [0.1, 0.15) is 62.3 Å². The van der Waals surface area contributed by atoms with Gasteiger partial charge < -0.3 is 67.3 Å². The van der Waals surface area contributed by atoms with Crippen LogP contribution in [0.3, 0.4) is 0 Å². The molecule has 3 fully saturated rings. The molecule has 0 saturated carbocycles. The number of aliphatic hydroxyl groups excluding tert-OH is 4. The molecule has 3 saturated heterocycles. The van der Waals surface area contributed by atoms with Gasteiger partial charge in [-0.3, -0.25) is 43.0 Å². The maximum atomic E-state index is 12.8. The number of H-pyrrole nitrogens is 3. The van der Waals surface area contributed by atoms with E-state index < -0.39 is 98.9 Å². The number of esters is 3. The fourth-order valence-corrected chi connectivity index (χ4v) is 17.2. The van der Waals surface area contributed by atoms with Crippen LogP contribution in [0.2, 0.25) is 0 Å². The number of benzene rings is 4. The van der Waals surface area contributed by atoms with E-state index in [9.17, 15) is 58.2 Å². The van der Waals surface area contributed by atoms with E-state index in [0.29, 0.717) is 83.2 Å². The van der Waals surface area contributed by atoms with Crippen LogP contribution in [0, 0.1) is 109 Å². The number of nitrogens with one attached hydrogen (secondary N) is 3. The van der Waals surface area contributed by atoms with Crippen LogP contribution in [0.25, 0.3) is 4.85 Å². The number of carbonyl (C=O) groups is 4. The molecule has 11 atom stereocenters. The summed E-state index contributed by atoms with van der Waals surface area (Å²) in [6.45, 7) is 36.2. The first kappa shape index (κ1) is 118. The molecule has 134 heavy (non-hydrogen) atoms. The van der Waals surface area contributed by atoms with Crippen LogP contribution in [0.4, 0.5) is 0 Å². The van der Waals surface area contributed by atoms with Gasteiger partial charge in [0.15, 0.2) is 11.6 Å². The van der Waals surface area contributed by atoms with Crippen molar-refractivity contribution < 1.29 is 93.2 Å². The number of aryl methyl sites for hydroxylation is 4. The van der Waals surface area contributed by atoms with E-state index in [1.165, 1.54) is 32.3 Å². The zero-order valence-corrected chi connectivity index (χ0v) is 82.6. The molecular weight excluding hydrogens is 1920 g/mol. The van der Waals surface area contributed by atoms with Crippen LogP contribution < -0.4 is 33.7 Å². The minimum Gasteiger partial charge on any atom is -0.461 e. The maximum absolute atomic E-state index is 12.8. The summed E-state index contributed by atoms with van der Waals surface area (Å²) in [6, 6.07) is 31.7. The number of carbonyl (C=O) groups excluding carboxylic acids is 4. The van der Waals surface area contributed by atoms with E-state index in [0.717, 1.165) is 22.3 Å². The minimum absolute atomic E-state index is 0. The summed E-state index contributed by atoms with van der Waals surface area (Å²) in [5.41, 5.74) is 3.12. The molecule has 38 heteroatoms. The number of aromatic nitrogens is 6. The Bertz CT molecular complexity index is 5510. The quantitative estimate of drug-likeness (QED) is 0.00310. The third-order valence-corrected chi connectivity index (χ3v) is 24.8. The van der Waals surface area contributed by atoms with Gasteiger partial charge in [-0.15, -0.1) is 24.7 Å². The van der Waals surface area contributed by atoms with E-state index in [1.54, 1.807) is 71.1 Å². The zero-order valence-electron chi connectivity index (χ0n) is 77.1. The molecule has 6 heterocycles. The molecule has 3 aromatic heterocycles. The Morgan fingerprint density at radius 1 is 0.552 bits per heavy atom. The number of hydrogen-bond acceptors (Lipinski definition) is 26. The molecule has 10 rings (SSSR count). The fourth-order valence-electron chi connectivity index (χ4n) is 12.5. The normalized spacial score (nSPS) is 17.6. The zero-order chi connectivity index (χ0) is 99.0. The van der Waals surface area contributed by atoms with Crippen LogP contribution in [0.15, 0.2) is 144 Å². The summed E-state index contributed by atoms with van der Waals surface area (Å²) >= 11 is 12.4. The SMILES string of the molecule is C.C#CCCO.C#CCCOC(=O)c1ccc(C)cc1.CCC1OC(n2cc(C#CCCOC(=O)c3ccc(C)cc3)c(=O)[nH]c2=O)CC1O.CCC1OC(n2cc(C#CCCOC(=O)c3ccc(C)cc3)c(=O)[nH]c2=O)CC1OP(OCCC#N)N(C(C)C)C(C)C.Cc1ccc(C(=O)[ClH+])cc1.O=c1[nH]c(=O)n(C2CC(O)C(CO)O2)cc1I.[C-]#[N+]CCOP(Cl)N(C(C)C)C(C)C. The van der Waals surface area contributed by atoms with Crippen LogP contribution in [0.1, 0.15) is 234 Å². The number of aromatic amines is 3. The Labute approximate surface area is 808 Å². The number of halogens is 3. The molecule has 726 valence electrons. The highest BCUT2D eigenvalue weighted by molar-refractivity contribution is 14.1. The summed E-state index contributed by atoms with van der Waals surface area (Å²) < 4.78 is 59.0. The largest absolute Gasteiger partial charge is 0.461 e. The molecule has 0 aliphatic carbocycles. The van der Waals surface area contributed by atoms with Gasteiger partial charge in [-0.2, -0.15) is 5.26 Å². The lowest BCUT2D eigenvalue weighted by Crippen LogP contribution is -2.35. The van der Waals surface area contributed by atoms with E-state index in [-0.39, 0.29) is 132 Å². The van der Waals surface area contributed by atoms with Crippen molar-refractivity contribution >= 4 is 73.2 Å². The Kier molecular flexibility index (Phi) is 55.8. The van der Waals surface area contributed by atoms with Gasteiger partial charge in [0.25, 0.3) is 25.2 Å². The third-order valence-electron chi connectivity index (χ3n) is 19.1. The number of aliphatic hydroxyl groups is 4. The lowest BCUT2D eigenvalue weighted by atomic mass is 10.1. The molecular formula is C96H124Cl2IN10O23P2+. The van der Waals surface area contributed by atoms with Crippen molar-refractivity contribution in [2.24, 2.45) is 0 Å². The van der Waals surface area contributed by atoms with Gasteiger partial charge in [0, 0.05) is 87.7 Å². The molecule has 0 spiro atoms. The molecule has 3 aliphatic rings. The molecule has 0 amide bonds. The van der Waals surface area contributed by atoms with E-state index in [4.69, 9.17) is 88.1 Å². The molecule has 3 aliphatic heterocycles. The first-order valence-electron chi connectivity index (χ1n) is 42.9. The van der Waals surface area contributed by atoms with E-state index in [2.05, 4.69) is 138 Å². The van der Waals surface area contributed by atoms with Crippen molar-refractivity contribution in [3.05, 3.63) is 249 Å². The van der Waals surface area contributed by atoms with Gasteiger partial charge in [0.2, 0.25) is 14.2 Å². The Hall–Kier alpha value is -10.1. The van der Waals surface area contributed by atoms with Gasteiger partial charge in [0.05, 0.1) is 88.7 Å². The molecule has 4 aromatic carbocycles. The van der Waals surface area contributed by atoms with Crippen molar-refractivity contribution in [3.8, 4) is 54.4 Å². The average molecular weight is 2050 g/mol. The number of ether oxygens (including phenoxy) is 6. The number of terminal acetylenes is 2. The van der Waals surface area contributed by atoms with Crippen molar-refractivity contribution in [3.63, 3.8) is 0 Å². The summed E-state index contributed by atoms with van der Waals surface area (Å²) in [4.78, 5) is 128. The minimum atomic E-state index is -1.50. The highest BCUT2D eigenvalue weighted by Gasteiger charge is 2.42. The first-order valence-corrected chi connectivity index (χ1v) is 47.6. The summed E-state index contributed by atoms with van der Waals surface area (Å²) in [6.07, 6.45) is 12.3. The third kappa shape index (κ3) is 40.8. The number of hydrogen-bond donors (Lipinski definition) is 7. The first-order chi connectivity index (χ1) is 63.3. The van der Waals surface area contributed by atoms with Gasteiger partial charge >= 0.3 is 40.2 Å². The Morgan fingerprint density at radius 3 is 1.28 bits per heavy atom. The molecule has 7 aromatic rings. The second-order valence-corrected chi connectivity index (χ2v) is 35.9. The number of nitriles is 1. The van der Waals surface area contributed by atoms with Crippen molar-refractivity contribution in [1.82, 2.24) is 38.0 Å². The van der Waals surface area contributed by atoms with Crippen molar-refractivity contribution in [1.29, 1.82) is 5.26 Å². The van der Waals surface area contributed by atoms with Crippen LogP contribution >= 0.6 is 50.0 Å². The maximum Gasteiger partial charge on any atom is 0.430 e. The monoisotopic (exact) mass is 2040 g/mol. The number of nitrogens with zero attached hydrogens (tertiary/aromatic N) is 7.